The minimum absolute atomic E-state index is 0.130. The molecule has 2 aromatic rings. The fourth-order valence-corrected chi connectivity index (χ4v) is 4.00. The van der Waals surface area contributed by atoms with E-state index in [-0.39, 0.29) is 5.92 Å². The zero-order valence-electron chi connectivity index (χ0n) is 17.2. The van der Waals surface area contributed by atoms with Crippen molar-refractivity contribution in [2.75, 3.05) is 0 Å². The lowest BCUT2D eigenvalue weighted by atomic mass is 10.0. The van der Waals surface area contributed by atoms with Gasteiger partial charge in [-0.3, -0.25) is 9.52 Å². The highest BCUT2D eigenvalue weighted by atomic mass is 35.5. The molecule has 0 fully saturated rings. The number of carbonyl (C=O) groups excluding carboxylic acids is 2. The molecular formula is C21H27ClN2O4S. The van der Waals surface area contributed by atoms with Gasteiger partial charge in [0.1, 0.15) is 11.6 Å². The van der Waals surface area contributed by atoms with Crippen LogP contribution in [0.25, 0.3) is 10.8 Å². The molecule has 2 atom stereocenters. The summed E-state index contributed by atoms with van der Waals surface area (Å²) >= 11 is 6.21. The van der Waals surface area contributed by atoms with Crippen LogP contribution in [-0.4, -0.2) is 27.9 Å². The molecule has 1 unspecified atom stereocenters. The Balaban J connectivity index is 2.19. The number of ether oxygens (including phenoxy) is 1. The molecule has 0 spiro atoms. The number of hydrogen-bond acceptors (Lipinski definition) is 4. The van der Waals surface area contributed by atoms with E-state index in [1.54, 1.807) is 39.0 Å². The average Bonchev–Trinajstić information content (AvgIpc) is 2.59. The first-order chi connectivity index (χ1) is 13.5. The maximum Gasteiger partial charge on any atom is 0.408 e. The topological polar surface area (TPSA) is 84.5 Å². The van der Waals surface area contributed by atoms with Gasteiger partial charge in [-0.2, -0.15) is 0 Å². The van der Waals surface area contributed by atoms with Gasteiger partial charge in [0.25, 0.3) is 5.91 Å². The van der Waals surface area contributed by atoms with Crippen molar-refractivity contribution in [2.45, 2.75) is 57.6 Å². The van der Waals surface area contributed by atoms with Crippen LogP contribution in [0.1, 0.15) is 41.0 Å². The van der Waals surface area contributed by atoms with E-state index in [0.29, 0.717) is 21.7 Å². The Morgan fingerprint density at radius 3 is 2.31 bits per heavy atom. The minimum atomic E-state index is -1.82. The first-order valence-electron chi connectivity index (χ1n) is 9.37. The number of fused-ring (bicyclic) bond motifs is 1. The molecule has 2 amide bonds. The standard InChI is InChI=1S/C21H27ClN2O4S/c1-13(2)12-17(23-20(26)28-21(3,4)5)19(25)24-29(27)18-11-10-16(22)14-8-6-7-9-15(14)18/h6-11,13,17H,12H2,1-5H3,(H,23,26)(H,24,25)/t17-,29?/m0/s1. The Labute approximate surface area is 178 Å². The van der Waals surface area contributed by atoms with Gasteiger partial charge in [-0.05, 0) is 45.2 Å². The SMILES string of the molecule is CC(C)C[C@H](NC(=O)OC(C)(C)C)C(=O)NS(=O)c1ccc(Cl)c2ccccc12. The van der Waals surface area contributed by atoms with Gasteiger partial charge in [0.2, 0.25) is 0 Å². The Bertz CT molecular complexity index is 925. The molecule has 2 aromatic carbocycles. The predicted molar refractivity (Wildman–Crippen MR) is 116 cm³/mol. The third-order valence-electron chi connectivity index (χ3n) is 3.94. The van der Waals surface area contributed by atoms with Crippen LogP contribution in [0, 0.1) is 5.92 Å². The van der Waals surface area contributed by atoms with Crippen molar-refractivity contribution in [3.05, 3.63) is 41.4 Å². The maximum absolute atomic E-state index is 12.9. The molecule has 0 aliphatic carbocycles. The van der Waals surface area contributed by atoms with E-state index in [9.17, 15) is 13.8 Å². The number of alkyl carbamates (subject to hydrolysis) is 1. The number of nitrogens with one attached hydrogen (secondary N) is 2. The molecule has 0 saturated heterocycles. The first kappa shape index (κ1) is 23.2. The zero-order valence-corrected chi connectivity index (χ0v) is 18.8. The molecule has 158 valence electrons. The van der Waals surface area contributed by atoms with Crippen LogP contribution in [-0.2, 0) is 20.5 Å². The van der Waals surface area contributed by atoms with Crippen molar-refractivity contribution < 1.29 is 18.5 Å². The summed E-state index contributed by atoms with van der Waals surface area (Å²) < 4.78 is 20.6. The summed E-state index contributed by atoms with van der Waals surface area (Å²) in [5.74, 6) is -0.410. The molecule has 0 radical (unpaired) electrons. The molecule has 2 N–H and O–H groups in total. The van der Waals surface area contributed by atoms with E-state index < -0.39 is 34.6 Å². The van der Waals surface area contributed by atoms with Crippen molar-refractivity contribution in [1.29, 1.82) is 0 Å². The largest absolute Gasteiger partial charge is 0.444 e. The summed E-state index contributed by atoms with van der Waals surface area (Å²) in [7, 11) is -1.82. The molecule has 0 aliphatic rings. The van der Waals surface area contributed by atoms with E-state index in [0.717, 1.165) is 5.39 Å². The summed E-state index contributed by atoms with van der Waals surface area (Å²) in [6.45, 7) is 9.09. The Kier molecular flexibility index (Phi) is 7.66. The molecule has 8 heteroatoms. The summed E-state index contributed by atoms with van der Waals surface area (Å²) in [4.78, 5) is 25.3. The molecular weight excluding hydrogens is 412 g/mol. The van der Waals surface area contributed by atoms with Crippen LogP contribution in [0.5, 0.6) is 0 Å². The highest BCUT2D eigenvalue weighted by Crippen LogP contribution is 2.28. The van der Waals surface area contributed by atoms with Gasteiger partial charge in [0.15, 0.2) is 11.0 Å². The van der Waals surface area contributed by atoms with Gasteiger partial charge in [0.05, 0.1) is 4.90 Å². The quantitative estimate of drug-likeness (QED) is 0.691. The van der Waals surface area contributed by atoms with Crippen LogP contribution in [0.15, 0.2) is 41.3 Å². The molecule has 0 heterocycles. The number of carbonyl (C=O) groups is 2. The van der Waals surface area contributed by atoms with Crippen molar-refractivity contribution in [2.24, 2.45) is 5.92 Å². The number of halogens is 1. The van der Waals surface area contributed by atoms with Crippen LogP contribution in [0.4, 0.5) is 4.79 Å². The maximum atomic E-state index is 12.9. The highest BCUT2D eigenvalue weighted by molar-refractivity contribution is 7.84. The van der Waals surface area contributed by atoms with Crippen molar-refractivity contribution in [1.82, 2.24) is 10.0 Å². The second-order valence-corrected chi connectivity index (χ2v) is 9.74. The molecule has 6 nitrogen and oxygen atoms in total. The first-order valence-corrected chi connectivity index (χ1v) is 10.9. The van der Waals surface area contributed by atoms with E-state index >= 15 is 0 Å². The van der Waals surface area contributed by atoms with E-state index in [1.165, 1.54) is 0 Å². The molecule has 2 rings (SSSR count). The lowest BCUT2D eigenvalue weighted by Gasteiger charge is -2.24. The lowest BCUT2D eigenvalue weighted by molar-refractivity contribution is -0.121. The third kappa shape index (κ3) is 6.72. The molecule has 0 saturated carbocycles. The zero-order chi connectivity index (χ0) is 21.8. The van der Waals surface area contributed by atoms with Crippen molar-refractivity contribution in [3.63, 3.8) is 0 Å². The smallest absolute Gasteiger partial charge is 0.408 e. The molecule has 29 heavy (non-hydrogen) atoms. The molecule has 0 aromatic heterocycles. The Morgan fingerprint density at radius 2 is 1.72 bits per heavy atom. The Hall–Kier alpha value is -2.12. The van der Waals surface area contributed by atoms with Crippen molar-refractivity contribution >= 4 is 45.4 Å². The number of hydrogen-bond donors (Lipinski definition) is 2. The average molecular weight is 439 g/mol. The van der Waals surface area contributed by atoms with Gasteiger partial charge < -0.3 is 10.1 Å². The highest BCUT2D eigenvalue weighted by Gasteiger charge is 2.26. The number of benzene rings is 2. The fraction of sp³-hybridized carbons (Fsp3) is 0.429. The van der Waals surface area contributed by atoms with Crippen LogP contribution >= 0.6 is 11.6 Å². The number of rotatable bonds is 6. The van der Waals surface area contributed by atoms with E-state index in [1.807, 2.05) is 32.0 Å². The predicted octanol–water partition coefficient (Wildman–Crippen LogP) is 4.57. The summed E-state index contributed by atoms with van der Waals surface area (Å²) in [6.07, 6.45) is -0.315. The third-order valence-corrected chi connectivity index (χ3v) is 5.41. The molecule has 0 bridgehead atoms. The molecule has 0 aliphatic heterocycles. The van der Waals surface area contributed by atoms with E-state index in [2.05, 4.69) is 10.0 Å². The van der Waals surface area contributed by atoms with Gasteiger partial charge in [-0.15, -0.1) is 0 Å². The normalized spacial score (nSPS) is 13.8. The second-order valence-electron chi connectivity index (χ2n) is 8.15. The fourth-order valence-electron chi connectivity index (χ4n) is 2.77. The number of amides is 2. The summed E-state index contributed by atoms with van der Waals surface area (Å²) in [5.41, 5.74) is -0.687. The lowest BCUT2D eigenvalue weighted by Crippen LogP contribution is -2.49. The van der Waals surface area contributed by atoms with Crippen LogP contribution in [0.3, 0.4) is 0 Å². The van der Waals surface area contributed by atoms with Gasteiger partial charge in [-0.25, -0.2) is 9.00 Å². The van der Waals surface area contributed by atoms with Crippen LogP contribution in [0.2, 0.25) is 5.02 Å². The summed E-state index contributed by atoms with van der Waals surface area (Å²) in [5, 5.41) is 4.56. The summed E-state index contributed by atoms with van der Waals surface area (Å²) in [6, 6.07) is 9.67. The monoisotopic (exact) mass is 438 g/mol. The van der Waals surface area contributed by atoms with Crippen LogP contribution < -0.4 is 10.0 Å². The minimum Gasteiger partial charge on any atom is -0.444 e. The van der Waals surface area contributed by atoms with Crippen molar-refractivity contribution in [3.8, 4) is 0 Å². The van der Waals surface area contributed by atoms with Gasteiger partial charge >= 0.3 is 6.09 Å². The van der Waals surface area contributed by atoms with E-state index in [4.69, 9.17) is 16.3 Å². The van der Waals surface area contributed by atoms with Gasteiger partial charge in [-0.1, -0.05) is 49.7 Å². The Morgan fingerprint density at radius 1 is 1.10 bits per heavy atom. The van der Waals surface area contributed by atoms with Gasteiger partial charge in [0, 0.05) is 15.8 Å². The second kappa shape index (κ2) is 9.59.